The van der Waals surface area contributed by atoms with Gasteiger partial charge in [0.2, 0.25) is 0 Å². The smallest absolute Gasteiger partial charge is 0.315 e. The largest absolute Gasteiger partial charge is 0.361 e. The molecule has 1 unspecified atom stereocenters. The van der Waals surface area contributed by atoms with Crippen LogP contribution in [-0.4, -0.2) is 22.1 Å². The van der Waals surface area contributed by atoms with Gasteiger partial charge in [-0.15, -0.1) is 0 Å². The third kappa shape index (κ3) is 13.8. The minimum atomic E-state index is -0.481. The molecule has 4 heteroatoms. The lowest BCUT2D eigenvalue weighted by atomic mass is 9.83. The molecule has 192 valence electrons. The second kappa shape index (κ2) is 20.6. The van der Waals surface area contributed by atoms with Crippen molar-refractivity contribution < 1.29 is 14.4 Å². The minimum absolute atomic E-state index is 0.0267. The van der Waals surface area contributed by atoms with Crippen molar-refractivity contribution >= 4 is 17.3 Å². The van der Waals surface area contributed by atoms with Crippen molar-refractivity contribution in [3.63, 3.8) is 0 Å². The van der Waals surface area contributed by atoms with Gasteiger partial charge in [-0.2, -0.15) is 4.79 Å². The lowest BCUT2D eigenvalue weighted by Gasteiger charge is -2.17. The summed E-state index contributed by atoms with van der Waals surface area (Å²) in [5.74, 6) is -0.340. The minimum Gasteiger partial charge on any atom is -0.361 e. The number of unbranched alkanes of at least 4 members (excludes halogenated alkanes) is 16. The maximum Gasteiger partial charge on any atom is 0.315 e. The van der Waals surface area contributed by atoms with Crippen LogP contribution >= 0.6 is 0 Å². The standard InChI is InChI=1S/C30H50N2O2/c1-3-5-7-9-11-13-15-17-19-21-29(33)27-24-23-26(32-31)25-28(27)30(34)22-20-18-16-14-12-10-8-6-4-2/h23-25,27H,3-22H2,1-2H3. The molecule has 34 heavy (non-hydrogen) atoms. The number of hydrogen-bond donors (Lipinski definition) is 0. The zero-order valence-corrected chi connectivity index (χ0v) is 22.2. The maximum atomic E-state index is 12.9. The van der Waals surface area contributed by atoms with E-state index in [9.17, 15) is 9.59 Å². The van der Waals surface area contributed by atoms with Crippen molar-refractivity contribution in [2.45, 2.75) is 142 Å². The van der Waals surface area contributed by atoms with Crippen LogP contribution in [0.15, 0.2) is 23.8 Å². The quantitative estimate of drug-likeness (QED) is 0.0901. The average molecular weight is 471 g/mol. The highest BCUT2D eigenvalue weighted by Crippen LogP contribution is 2.24. The molecule has 0 aromatic carbocycles. The van der Waals surface area contributed by atoms with E-state index in [1.807, 2.05) is 0 Å². The number of ketones is 2. The molecule has 0 spiro atoms. The molecule has 0 heterocycles. The van der Waals surface area contributed by atoms with Crippen LogP contribution in [0.2, 0.25) is 0 Å². The normalized spacial score (nSPS) is 15.3. The topological polar surface area (TPSA) is 70.5 Å². The van der Waals surface area contributed by atoms with Crippen LogP contribution in [0.3, 0.4) is 0 Å². The van der Waals surface area contributed by atoms with E-state index in [4.69, 9.17) is 5.53 Å². The molecule has 0 fully saturated rings. The molecule has 1 aliphatic carbocycles. The van der Waals surface area contributed by atoms with Gasteiger partial charge in [0.25, 0.3) is 0 Å². The van der Waals surface area contributed by atoms with Gasteiger partial charge in [0, 0.05) is 30.6 Å². The third-order valence-corrected chi connectivity index (χ3v) is 6.92. The van der Waals surface area contributed by atoms with Crippen LogP contribution in [0.25, 0.3) is 5.53 Å². The Kier molecular flexibility index (Phi) is 18.3. The molecule has 4 nitrogen and oxygen atoms in total. The van der Waals surface area contributed by atoms with Crippen molar-refractivity contribution in [2.24, 2.45) is 5.92 Å². The zero-order chi connectivity index (χ0) is 24.9. The first-order valence-corrected chi connectivity index (χ1v) is 14.3. The molecule has 1 rings (SSSR count). The molecule has 0 saturated heterocycles. The predicted molar refractivity (Wildman–Crippen MR) is 143 cm³/mol. The van der Waals surface area contributed by atoms with Crippen LogP contribution in [0, 0.1) is 5.92 Å². The molecule has 0 bridgehead atoms. The van der Waals surface area contributed by atoms with E-state index in [0.29, 0.717) is 24.1 Å². The Morgan fingerprint density at radius 3 is 1.62 bits per heavy atom. The highest BCUT2D eigenvalue weighted by molar-refractivity contribution is 6.12. The predicted octanol–water partition coefficient (Wildman–Crippen LogP) is 8.75. The number of carbonyl (C=O) groups is 2. The third-order valence-electron chi connectivity index (χ3n) is 6.92. The summed E-state index contributed by atoms with van der Waals surface area (Å²) in [6.45, 7) is 4.47. The summed E-state index contributed by atoms with van der Waals surface area (Å²) in [7, 11) is 0. The number of Topliss-reactive ketones (excluding diaryl/α,β-unsaturated/α-hetero) is 2. The van der Waals surface area contributed by atoms with Crippen molar-refractivity contribution in [1.29, 1.82) is 0 Å². The van der Waals surface area contributed by atoms with E-state index in [0.717, 1.165) is 25.7 Å². The van der Waals surface area contributed by atoms with Crippen molar-refractivity contribution in [3.05, 3.63) is 29.3 Å². The first-order chi connectivity index (χ1) is 16.6. The van der Waals surface area contributed by atoms with Crippen molar-refractivity contribution in [1.82, 2.24) is 0 Å². The lowest BCUT2D eigenvalue weighted by Crippen LogP contribution is -2.24. The molecule has 0 aromatic rings. The number of nitrogens with zero attached hydrogens (tertiary/aromatic N) is 2. The van der Waals surface area contributed by atoms with Crippen LogP contribution in [-0.2, 0) is 9.59 Å². The van der Waals surface area contributed by atoms with Gasteiger partial charge in [-0.05, 0) is 12.8 Å². The van der Waals surface area contributed by atoms with E-state index >= 15 is 0 Å². The van der Waals surface area contributed by atoms with Crippen molar-refractivity contribution in [3.8, 4) is 0 Å². The molecule has 1 aliphatic rings. The Morgan fingerprint density at radius 1 is 0.706 bits per heavy atom. The van der Waals surface area contributed by atoms with Gasteiger partial charge in [0.15, 0.2) is 5.78 Å². The van der Waals surface area contributed by atoms with Crippen LogP contribution < -0.4 is 0 Å². The summed E-state index contributed by atoms with van der Waals surface area (Å²) in [5.41, 5.74) is 10.0. The van der Waals surface area contributed by atoms with E-state index in [-0.39, 0.29) is 11.6 Å². The van der Waals surface area contributed by atoms with E-state index in [1.165, 1.54) is 89.9 Å². The Morgan fingerprint density at radius 2 is 1.15 bits per heavy atom. The fourth-order valence-corrected chi connectivity index (χ4v) is 4.70. The monoisotopic (exact) mass is 470 g/mol. The molecule has 0 N–H and O–H groups in total. The maximum absolute atomic E-state index is 12.9. The van der Waals surface area contributed by atoms with E-state index < -0.39 is 5.92 Å². The summed E-state index contributed by atoms with van der Waals surface area (Å²) >= 11 is 0. The van der Waals surface area contributed by atoms with Crippen molar-refractivity contribution in [2.75, 3.05) is 0 Å². The molecular formula is C30H50N2O2. The van der Waals surface area contributed by atoms with Gasteiger partial charge in [-0.3, -0.25) is 9.59 Å². The number of allylic oxidation sites excluding steroid dienone is 4. The molecule has 0 aromatic heterocycles. The summed E-state index contributed by atoms with van der Waals surface area (Å²) < 4.78 is 0. The van der Waals surface area contributed by atoms with Gasteiger partial charge >= 0.3 is 5.71 Å². The molecule has 0 aliphatic heterocycles. The van der Waals surface area contributed by atoms with Gasteiger partial charge < -0.3 is 5.53 Å². The van der Waals surface area contributed by atoms with Crippen LogP contribution in [0.1, 0.15) is 142 Å². The molecule has 1 atom stereocenters. The average Bonchev–Trinajstić information content (AvgIpc) is 2.86. The summed E-state index contributed by atoms with van der Waals surface area (Å²) in [6, 6.07) is 0. The van der Waals surface area contributed by atoms with Gasteiger partial charge in [-0.1, -0.05) is 123 Å². The highest BCUT2D eigenvalue weighted by Gasteiger charge is 2.29. The number of carbonyl (C=O) groups excluding carboxylic acids is 2. The van der Waals surface area contributed by atoms with Crippen LogP contribution in [0.4, 0.5) is 0 Å². The number of rotatable bonds is 22. The first-order valence-electron chi connectivity index (χ1n) is 14.3. The zero-order valence-electron chi connectivity index (χ0n) is 22.2. The van der Waals surface area contributed by atoms with E-state index in [1.54, 1.807) is 18.2 Å². The Balaban J connectivity index is 2.35. The van der Waals surface area contributed by atoms with Gasteiger partial charge in [0.05, 0.1) is 5.92 Å². The molecule has 0 amide bonds. The molecule has 0 saturated carbocycles. The van der Waals surface area contributed by atoms with E-state index in [2.05, 4.69) is 18.6 Å². The second-order valence-corrected chi connectivity index (χ2v) is 10.0. The van der Waals surface area contributed by atoms with Gasteiger partial charge in [-0.25, -0.2) is 0 Å². The Labute approximate surface area is 209 Å². The fourth-order valence-electron chi connectivity index (χ4n) is 4.70. The summed E-state index contributed by atoms with van der Waals surface area (Å²) in [5, 5.41) is 0. The second-order valence-electron chi connectivity index (χ2n) is 10.0. The van der Waals surface area contributed by atoms with Crippen LogP contribution in [0.5, 0.6) is 0 Å². The highest BCUT2D eigenvalue weighted by atomic mass is 16.1. The summed E-state index contributed by atoms with van der Waals surface area (Å²) in [4.78, 5) is 29.0. The van der Waals surface area contributed by atoms with Gasteiger partial charge in [0.1, 0.15) is 5.78 Å². The fraction of sp³-hybridized carbons (Fsp3) is 0.767. The molecule has 0 radical (unpaired) electrons. The lowest BCUT2D eigenvalue weighted by molar-refractivity contribution is -0.123. The number of hydrogen-bond acceptors (Lipinski definition) is 2. The Bertz CT molecular complexity index is 686. The first kappa shape index (κ1) is 30.2. The molecular weight excluding hydrogens is 420 g/mol. The summed E-state index contributed by atoms with van der Waals surface area (Å²) in [6.07, 6.45) is 27.8. The Hall–Kier alpha value is -1.80. The SMILES string of the molecule is CCCCCCCCCCCC(=O)C1=CC(=[N+]=[N-])C=CC1C(=O)CCCCCCCCCCC.